The number of nitrogen functional groups attached to an aromatic ring is 1. The molecule has 1 saturated heterocycles. The van der Waals surface area contributed by atoms with Gasteiger partial charge in [0.1, 0.15) is 18.4 Å². The highest BCUT2D eigenvalue weighted by Crippen LogP contribution is 2.13. The third kappa shape index (κ3) is 4.61. The van der Waals surface area contributed by atoms with Gasteiger partial charge in [0.25, 0.3) is 0 Å². The van der Waals surface area contributed by atoms with Crippen LogP contribution in [0.25, 0.3) is 0 Å². The van der Waals surface area contributed by atoms with Gasteiger partial charge in [-0.05, 0) is 31.2 Å². The molecular weight excluding hydrogens is 270 g/mol. The van der Waals surface area contributed by atoms with Crippen LogP contribution in [-0.2, 0) is 9.53 Å². The topological polar surface area (TPSA) is 76.8 Å². The Balaban J connectivity index is 1.82. The Kier molecular flexibility index (Phi) is 5.83. The Morgan fingerprint density at radius 1 is 1.48 bits per heavy atom. The molecule has 6 heteroatoms. The van der Waals surface area contributed by atoms with Crippen molar-refractivity contribution in [2.24, 2.45) is 0 Å². The second-order valence-electron chi connectivity index (χ2n) is 4.94. The van der Waals surface area contributed by atoms with Crippen LogP contribution in [-0.4, -0.2) is 56.3 Å². The Hall–Kier alpha value is -1.79. The van der Waals surface area contributed by atoms with Crippen molar-refractivity contribution in [1.29, 1.82) is 0 Å². The van der Waals surface area contributed by atoms with Gasteiger partial charge >= 0.3 is 0 Å². The van der Waals surface area contributed by atoms with Crippen molar-refractivity contribution in [2.75, 3.05) is 45.2 Å². The minimum absolute atomic E-state index is 0.0182. The normalized spacial score (nSPS) is 19.2. The van der Waals surface area contributed by atoms with Gasteiger partial charge < -0.3 is 20.5 Å². The molecular formula is C15H23N3O3. The summed E-state index contributed by atoms with van der Waals surface area (Å²) in [5.74, 6) is 0.803. The second kappa shape index (κ2) is 7.85. The largest absolute Gasteiger partial charge is 0.492 e. The van der Waals surface area contributed by atoms with Gasteiger partial charge in [-0.3, -0.25) is 9.69 Å². The second-order valence-corrected chi connectivity index (χ2v) is 4.94. The van der Waals surface area contributed by atoms with Crippen LogP contribution >= 0.6 is 0 Å². The highest BCUT2D eigenvalue weighted by atomic mass is 16.5. The number of nitrogens with zero attached hydrogens (tertiary/aromatic N) is 1. The van der Waals surface area contributed by atoms with Crippen LogP contribution in [0.4, 0.5) is 5.69 Å². The number of amides is 1. The number of benzene rings is 1. The lowest BCUT2D eigenvalue weighted by Crippen LogP contribution is -2.54. The summed E-state index contributed by atoms with van der Waals surface area (Å²) in [5.41, 5.74) is 6.34. The molecule has 116 valence electrons. The van der Waals surface area contributed by atoms with E-state index in [0.717, 1.165) is 12.3 Å². The summed E-state index contributed by atoms with van der Waals surface area (Å²) in [5, 5.41) is 2.84. The number of hydrogen-bond donors (Lipinski definition) is 2. The Labute approximate surface area is 125 Å². The van der Waals surface area contributed by atoms with Gasteiger partial charge in [0.2, 0.25) is 5.91 Å². The summed E-state index contributed by atoms with van der Waals surface area (Å²) < 4.78 is 11.1. The molecule has 1 aromatic rings. The molecule has 1 fully saturated rings. The van der Waals surface area contributed by atoms with Crippen molar-refractivity contribution < 1.29 is 14.3 Å². The molecule has 0 bridgehead atoms. The van der Waals surface area contributed by atoms with Gasteiger partial charge in [-0.25, -0.2) is 0 Å². The van der Waals surface area contributed by atoms with Gasteiger partial charge in [0.15, 0.2) is 0 Å². The molecule has 1 atom stereocenters. The standard InChI is InChI=1S/C15H23N3O3/c1-2-17-15(19)14-11-20-9-7-18(14)8-10-21-13-5-3-12(16)4-6-13/h3-6,14H,2,7-11,16H2,1H3,(H,17,19). The van der Waals surface area contributed by atoms with Crippen molar-refractivity contribution >= 4 is 11.6 Å². The van der Waals surface area contributed by atoms with Gasteiger partial charge in [0, 0.05) is 25.3 Å². The number of hydrogen-bond acceptors (Lipinski definition) is 5. The van der Waals surface area contributed by atoms with Gasteiger partial charge in [0.05, 0.1) is 13.2 Å². The SMILES string of the molecule is CCNC(=O)C1COCCN1CCOc1ccc(N)cc1. The van der Waals surface area contributed by atoms with E-state index in [2.05, 4.69) is 10.2 Å². The number of carbonyl (C=O) groups excluding carboxylic acids is 1. The van der Waals surface area contributed by atoms with Gasteiger partial charge in [-0.2, -0.15) is 0 Å². The fraction of sp³-hybridized carbons (Fsp3) is 0.533. The molecule has 1 heterocycles. The number of ether oxygens (including phenoxy) is 2. The highest BCUT2D eigenvalue weighted by molar-refractivity contribution is 5.81. The zero-order valence-electron chi connectivity index (χ0n) is 12.4. The quantitative estimate of drug-likeness (QED) is 0.746. The maximum atomic E-state index is 12.0. The van der Waals surface area contributed by atoms with E-state index in [1.165, 1.54) is 0 Å². The summed E-state index contributed by atoms with van der Waals surface area (Å²) >= 11 is 0. The number of nitrogens with one attached hydrogen (secondary N) is 1. The maximum absolute atomic E-state index is 12.0. The number of anilines is 1. The number of nitrogens with two attached hydrogens (primary N) is 1. The van der Waals surface area contributed by atoms with Crippen molar-refractivity contribution in [2.45, 2.75) is 13.0 Å². The molecule has 21 heavy (non-hydrogen) atoms. The van der Waals surface area contributed by atoms with Crippen molar-refractivity contribution in [3.05, 3.63) is 24.3 Å². The van der Waals surface area contributed by atoms with Crippen LogP contribution in [0.15, 0.2) is 24.3 Å². The predicted molar refractivity (Wildman–Crippen MR) is 81.2 cm³/mol. The fourth-order valence-corrected chi connectivity index (χ4v) is 2.28. The first-order valence-corrected chi connectivity index (χ1v) is 7.28. The molecule has 1 aliphatic heterocycles. The van der Waals surface area contributed by atoms with E-state index in [1.54, 1.807) is 0 Å². The molecule has 2 rings (SSSR count). The molecule has 1 aromatic carbocycles. The van der Waals surface area contributed by atoms with E-state index in [-0.39, 0.29) is 11.9 Å². The third-order valence-electron chi connectivity index (χ3n) is 3.42. The van der Waals surface area contributed by atoms with E-state index in [1.807, 2.05) is 31.2 Å². The summed E-state index contributed by atoms with van der Waals surface area (Å²) in [6.07, 6.45) is 0. The molecule has 1 unspecified atom stereocenters. The number of morpholine rings is 1. The first-order valence-electron chi connectivity index (χ1n) is 7.28. The van der Waals surface area contributed by atoms with Crippen LogP contribution in [0.3, 0.4) is 0 Å². The Morgan fingerprint density at radius 2 is 2.24 bits per heavy atom. The predicted octanol–water partition coefficient (Wildman–Crippen LogP) is 0.485. The minimum atomic E-state index is -0.228. The summed E-state index contributed by atoms with van der Waals surface area (Å²) in [6.45, 7) is 5.59. The minimum Gasteiger partial charge on any atom is -0.492 e. The zero-order valence-corrected chi connectivity index (χ0v) is 12.4. The molecule has 0 aliphatic carbocycles. The Morgan fingerprint density at radius 3 is 2.95 bits per heavy atom. The lowest BCUT2D eigenvalue weighted by Gasteiger charge is -2.34. The number of likely N-dealkylation sites (N-methyl/N-ethyl adjacent to an activating group) is 1. The third-order valence-corrected chi connectivity index (χ3v) is 3.42. The van der Waals surface area contributed by atoms with E-state index in [9.17, 15) is 4.79 Å². The van der Waals surface area contributed by atoms with Gasteiger partial charge in [-0.15, -0.1) is 0 Å². The molecule has 0 radical (unpaired) electrons. The lowest BCUT2D eigenvalue weighted by molar-refractivity contribution is -0.132. The summed E-state index contributed by atoms with van der Waals surface area (Å²) in [4.78, 5) is 14.1. The van der Waals surface area contributed by atoms with E-state index in [4.69, 9.17) is 15.2 Å². The molecule has 0 saturated carbocycles. The number of rotatable bonds is 6. The van der Waals surface area contributed by atoms with E-state index in [0.29, 0.717) is 38.6 Å². The molecule has 1 aliphatic rings. The maximum Gasteiger partial charge on any atom is 0.239 e. The van der Waals surface area contributed by atoms with Crippen LogP contribution in [0.5, 0.6) is 5.75 Å². The molecule has 6 nitrogen and oxygen atoms in total. The van der Waals surface area contributed by atoms with Gasteiger partial charge in [-0.1, -0.05) is 0 Å². The van der Waals surface area contributed by atoms with Crippen LogP contribution < -0.4 is 15.8 Å². The highest BCUT2D eigenvalue weighted by Gasteiger charge is 2.28. The average Bonchev–Trinajstić information content (AvgIpc) is 2.50. The zero-order chi connectivity index (χ0) is 15.1. The van der Waals surface area contributed by atoms with E-state index < -0.39 is 0 Å². The Bertz CT molecular complexity index is 450. The molecule has 3 N–H and O–H groups in total. The van der Waals surface area contributed by atoms with Crippen LogP contribution in [0, 0.1) is 0 Å². The van der Waals surface area contributed by atoms with Crippen molar-refractivity contribution in [3.63, 3.8) is 0 Å². The lowest BCUT2D eigenvalue weighted by atomic mass is 10.2. The summed E-state index contributed by atoms with van der Waals surface area (Å²) in [7, 11) is 0. The molecule has 0 aromatic heterocycles. The van der Waals surface area contributed by atoms with Crippen molar-refractivity contribution in [1.82, 2.24) is 10.2 Å². The monoisotopic (exact) mass is 293 g/mol. The van der Waals surface area contributed by atoms with Crippen molar-refractivity contribution in [3.8, 4) is 5.75 Å². The van der Waals surface area contributed by atoms with E-state index >= 15 is 0 Å². The van der Waals surface area contributed by atoms with Crippen LogP contribution in [0.1, 0.15) is 6.92 Å². The smallest absolute Gasteiger partial charge is 0.239 e. The van der Waals surface area contributed by atoms with Crippen LogP contribution in [0.2, 0.25) is 0 Å². The molecule has 1 amide bonds. The average molecular weight is 293 g/mol. The first-order chi connectivity index (χ1) is 10.2. The molecule has 0 spiro atoms. The number of carbonyl (C=O) groups is 1. The fourth-order valence-electron chi connectivity index (χ4n) is 2.28. The summed E-state index contributed by atoms with van der Waals surface area (Å²) in [6, 6.07) is 7.07. The first kappa shape index (κ1) is 15.6.